The van der Waals surface area contributed by atoms with Gasteiger partial charge < -0.3 is 19.9 Å². The zero-order valence-electron chi connectivity index (χ0n) is 18.4. The molecule has 0 bridgehead atoms. The minimum atomic E-state index is -1.09. The third kappa shape index (κ3) is 4.39. The molecule has 2 amide bonds. The molecule has 1 aliphatic carbocycles. The van der Waals surface area contributed by atoms with Gasteiger partial charge in [-0.05, 0) is 43.0 Å². The lowest BCUT2D eigenvalue weighted by atomic mass is 9.96. The number of nitrogens with one attached hydrogen (secondary N) is 2. The van der Waals surface area contributed by atoms with Crippen LogP contribution in [0.25, 0.3) is 11.1 Å². The van der Waals surface area contributed by atoms with Crippen LogP contribution in [0, 0.1) is 11.6 Å². The van der Waals surface area contributed by atoms with E-state index in [4.69, 9.17) is 4.52 Å². The van der Waals surface area contributed by atoms with E-state index in [2.05, 4.69) is 20.5 Å². The Morgan fingerprint density at radius 3 is 2.50 bits per heavy atom. The topological polar surface area (TPSA) is 111 Å². The van der Waals surface area contributed by atoms with Crippen LogP contribution in [-0.4, -0.2) is 35.6 Å². The second-order valence-corrected chi connectivity index (χ2v) is 8.00. The number of hydrogen-bond acceptors (Lipinski definition) is 6. The van der Waals surface area contributed by atoms with Crippen molar-refractivity contribution in [3.63, 3.8) is 0 Å². The molecule has 0 radical (unpaired) electrons. The van der Waals surface area contributed by atoms with Crippen molar-refractivity contribution >= 4 is 17.8 Å². The Balaban J connectivity index is 1.51. The molecule has 176 valence electrons. The molecule has 8 nitrogen and oxygen atoms in total. The van der Waals surface area contributed by atoms with Crippen LogP contribution in [0.4, 0.5) is 8.78 Å². The number of carbonyl (C=O) groups excluding carboxylic acids is 3. The minimum absolute atomic E-state index is 0.0163. The van der Waals surface area contributed by atoms with E-state index < -0.39 is 41.0 Å². The lowest BCUT2D eigenvalue weighted by Gasteiger charge is -2.21. The zero-order valence-corrected chi connectivity index (χ0v) is 18.4. The maximum absolute atomic E-state index is 15.0. The number of esters is 1. The van der Waals surface area contributed by atoms with Crippen molar-refractivity contribution in [3.8, 4) is 11.1 Å². The van der Waals surface area contributed by atoms with E-state index in [1.807, 2.05) is 0 Å². The van der Waals surface area contributed by atoms with Gasteiger partial charge in [0, 0.05) is 11.6 Å². The molecule has 2 aromatic carbocycles. The van der Waals surface area contributed by atoms with Gasteiger partial charge in [-0.2, -0.15) is 0 Å². The number of nitrogens with zero attached hydrogens (tertiary/aromatic N) is 1. The largest absolute Gasteiger partial charge is 0.465 e. The molecule has 34 heavy (non-hydrogen) atoms. The Hall–Kier alpha value is -4.08. The predicted molar refractivity (Wildman–Crippen MR) is 116 cm³/mol. The van der Waals surface area contributed by atoms with Gasteiger partial charge in [0.05, 0.1) is 19.3 Å². The highest BCUT2D eigenvalue weighted by Crippen LogP contribution is 2.37. The molecule has 0 unspecified atom stereocenters. The summed E-state index contributed by atoms with van der Waals surface area (Å²) in [4.78, 5) is 37.1. The Kier molecular flexibility index (Phi) is 6.14. The fraction of sp³-hybridized carbons (Fsp3) is 0.250. The Morgan fingerprint density at radius 1 is 1.12 bits per heavy atom. The first-order valence-electron chi connectivity index (χ1n) is 10.5. The monoisotopic (exact) mass is 469 g/mol. The highest BCUT2D eigenvalue weighted by Gasteiger charge is 2.52. The molecule has 0 saturated heterocycles. The van der Waals surface area contributed by atoms with Crippen molar-refractivity contribution in [2.75, 3.05) is 7.11 Å². The van der Waals surface area contributed by atoms with Crippen molar-refractivity contribution in [2.24, 2.45) is 0 Å². The highest BCUT2D eigenvalue weighted by atomic mass is 19.1. The van der Waals surface area contributed by atoms with Crippen LogP contribution in [0.3, 0.4) is 0 Å². The average molecular weight is 469 g/mol. The first-order valence-corrected chi connectivity index (χ1v) is 10.5. The average Bonchev–Trinajstić information content (AvgIpc) is 3.38. The van der Waals surface area contributed by atoms with Crippen LogP contribution in [0.15, 0.2) is 53.2 Å². The molecule has 3 aromatic rings. The summed E-state index contributed by atoms with van der Waals surface area (Å²) in [6.45, 7) is 1.60. The molecule has 1 fully saturated rings. The van der Waals surface area contributed by atoms with Crippen molar-refractivity contribution < 1.29 is 32.4 Å². The van der Waals surface area contributed by atoms with Gasteiger partial charge in [0.25, 0.3) is 5.91 Å². The summed E-state index contributed by atoms with van der Waals surface area (Å²) in [5.41, 5.74) is -0.744. The number of aromatic nitrogens is 1. The van der Waals surface area contributed by atoms with E-state index in [0.717, 1.165) is 19.2 Å². The molecular formula is C24H21F2N3O5. The number of ether oxygens (including phenoxy) is 1. The number of rotatable bonds is 7. The summed E-state index contributed by atoms with van der Waals surface area (Å²) in [7, 11) is 1.13. The second kappa shape index (κ2) is 9.05. The number of benzene rings is 2. The number of amides is 2. The minimum Gasteiger partial charge on any atom is -0.465 e. The van der Waals surface area contributed by atoms with Gasteiger partial charge >= 0.3 is 5.97 Å². The summed E-state index contributed by atoms with van der Waals surface area (Å²) >= 11 is 0. The van der Waals surface area contributed by atoms with Gasteiger partial charge in [0.15, 0.2) is 0 Å². The normalized spacial score (nSPS) is 14.7. The summed E-state index contributed by atoms with van der Waals surface area (Å²) in [6, 6.07) is 8.82. The van der Waals surface area contributed by atoms with Crippen LogP contribution in [0.1, 0.15) is 52.3 Å². The first-order chi connectivity index (χ1) is 16.3. The number of methoxy groups -OCH3 is 1. The van der Waals surface area contributed by atoms with E-state index in [1.165, 1.54) is 36.5 Å². The van der Waals surface area contributed by atoms with Crippen molar-refractivity contribution in [2.45, 2.75) is 31.3 Å². The van der Waals surface area contributed by atoms with Crippen LogP contribution >= 0.6 is 0 Å². The van der Waals surface area contributed by atoms with Gasteiger partial charge in [0.1, 0.15) is 22.7 Å². The van der Waals surface area contributed by atoms with Crippen molar-refractivity contribution in [1.82, 2.24) is 15.8 Å². The van der Waals surface area contributed by atoms with E-state index in [0.29, 0.717) is 12.8 Å². The first kappa shape index (κ1) is 23.1. The molecule has 1 saturated carbocycles. The van der Waals surface area contributed by atoms with Gasteiger partial charge in [-0.15, -0.1) is 0 Å². The molecule has 4 rings (SSSR count). The molecule has 1 aliphatic rings. The SMILES string of the molecule is COC(=O)c1c(F)cccc1-c1ccc([C@@H](C)NC(=O)C2(NC(=O)c3ccno3)CC2)c(F)c1. The lowest BCUT2D eigenvalue weighted by molar-refractivity contribution is -0.124. The zero-order chi connectivity index (χ0) is 24.5. The number of carbonyl (C=O) groups is 3. The standard InChI is InChI=1S/C24H21F2N3O5/c1-13(28-23(32)24(9-10-24)29-21(30)19-8-11-27-34-19)15-7-6-14(12-18(15)26)16-4-3-5-17(25)20(16)22(31)33-2/h3-8,11-13H,9-10H2,1-2H3,(H,28,32)(H,29,30)/t13-/m1/s1. The third-order valence-electron chi connectivity index (χ3n) is 5.73. The molecule has 2 N–H and O–H groups in total. The van der Waals surface area contributed by atoms with E-state index in [9.17, 15) is 18.8 Å². The van der Waals surface area contributed by atoms with E-state index >= 15 is 4.39 Å². The van der Waals surface area contributed by atoms with Crippen LogP contribution in [0.2, 0.25) is 0 Å². The number of hydrogen-bond donors (Lipinski definition) is 2. The molecule has 1 atom stereocenters. The maximum atomic E-state index is 15.0. The molecule has 1 heterocycles. The molecule has 1 aromatic heterocycles. The lowest BCUT2D eigenvalue weighted by Crippen LogP contribution is -2.49. The quantitative estimate of drug-likeness (QED) is 0.512. The van der Waals surface area contributed by atoms with Crippen LogP contribution < -0.4 is 10.6 Å². The summed E-state index contributed by atoms with van der Waals surface area (Å²) in [5, 5.41) is 8.83. The Bertz CT molecular complexity index is 1260. The smallest absolute Gasteiger partial charge is 0.341 e. The summed E-state index contributed by atoms with van der Waals surface area (Å²) in [6.07, 6.45) is 2.19. The Labute approximate surface area is 193 Å². The second-order valence-electron chi connectivity index (χ2n) is 8.00. The highest BCUT2D eigenvalue weighted by molar-refractivity contribution is 5.99. The predicted octanol–water partition coefficient (Wildman–Crippen LogP) is 3.55. The van der Waals surface area contributed by atoms with Crippen molar-refractivity contribution in [3.05, 3.63) is 77.2 Å². The maximum Gasteiger partial charge on any atom is 0.341 e. The third-order valence-corrected chi connectivity index (χ3v) is 5.73. The van der Waals surface area contributed by atoms with Gasteiger partial charge in [0.2, 0.25) is 11.7 Å². The van der Waals surface area contributed by atoms with E-state index in [1.54, 1.807) is 6.92 Å². The van der Waals surface area contributed by atoms with Gasteiger partial charge in [-0.1, -0.05) is 29.4 Å². The van der Waals surface area contributed by atoms with E-state index in [-0.39, 0.29) is 28.0 Å². The fourth-order valence-electron chi connectivity index (χ4n) is 3.68. The number of halogens is 2. The summed E-state index contributed by atoms with van der Waals surface area (Å²) < 4.78 is 38.7. The van der Waals surface area contributed by atoms with Crippen LogP contribution in [-0.2, 0) is 9.53 Å². The summed E-state index contributed by atoms with van der Waals surface area (Å²) in [5.74, 6) is -3.34. The van der Waals surface area contributed by atoms with Crippen LogP contribution in [0.5, 0.6) is 0 Å². The molecular weight excluding hydrogens is 448 g/mol. The van der Waals surface area contributed by atoms with Gasteiger partial charge in [-0.3, -0.25) is 9.59 Å². The fourth-order valence-corrected chi connectivity index (χ4v) is 3.68. The molecule has 10 heteroatoms. The molecule has 0 spiro atoms. The van der Waals surface area contributed by atoms with Gasteiger partial charge in [-0.25, -0.2) is 13.6 Å². The Morgan fingerprint density at radius 2 is 1.88 bits per heavy atom. The molecule has 0 aliphatic heterocycles. The van der Waals surface area contributed by atoms with Crippen molar-refractivity contribution in [1.29, 1.82) is 0 Å².